The molecule has 0 fully saturated rings. The first-order valence-corrected chi connectivity index (χ1v) is 5.54. The lowest BCUT2D eigenvalue weighted by Gasteiger charge is -2.05. The summed E-state index contributed by atoms with van der Waals surface area (Å²) in [4.78, 5) is 32.6. The zero-order chi connectivity index (χ0) is 13.7. The Bertz CT molecular complexity index is 503. The normalized spacial score (nSPS) is 9.67. The molecule has 0 aliphatic carbocycles. The van der Waals surface area contributed by atoms with Crippen molar-refractivity contribution < 1.29 is 19.2 Å². The quantitative estimate of drug-likeness (QED) is 0.512. The van der Waals surface area contributed by atoms with E-state index in [1.54, 1.807) is 0 Å². The van der Waals surface area contributed by atoms with Crippen molar-refractivity contribution in [2.45, 2.75) is 0 Å². The van der Waals surface area contributed by atoms with Gasteiger partial charge in [-0.25, -0.2) is 0 Å². The highest BCUT2D eigenvalue weighted by Gasteiger charge is 2.19. The van der Waals surface area contributed by atoms with E-state index in [1.807, 2.05) is 0 Å². The highest BCUT2D eigenvalue weighted by Crippen LogP contribution is 2.27. The van der Waals surface area contributed by atoms with E-state index in [0.717, 1.165) is 0 Å². The van der Waals surface area contributed by atoms with E-state index in [1.165, 1.54) is 25.3 Å². The Kier molecular flexibility index (Phi) is 4.78. The number of nitro groups is 1. The molecule has 0 aliphatic heterocycles. The number of nitrogens with zero attached hydrogens (tertiary/aromatic N) is 1. The third-order valence-electron chi connectivity index (χ3n) is 2.04. The monoisotopic (exact) mass is 316 g/mol. The van der Waals surface area contributed by atoms with Crippen LogP contribution in [0.5, 0.6) is 0 Å². The van der Waals surface area contributed by atoms with Gasteiger partial charge in [0.25, 0.3) is 11.6 Å². The van der Waals surface area contributed by atoms with Crippen molar-refractivity contribution in [1.82, 2.24) is 5.32 Å². The summed E-state index contributed by atoms with van der Waals surface area (Å²) < 4.78 is 4.42. The molecule has 1 rings (SSSR count). The number of methoxy groups -OCH3 is 1. The maximum absolute atomic E-state index is 11.7. The SMILES string of the molecule is COC(=O)CNC(=O)c1cccc([N+](=O)[O-])c1Br. The number of carbonyl (C=O) groups excluding carboxylic acids is 2. The van der Waals surface area contributed by atoms with Crippen LogP contribution < -0.4 is 5.32 Å². The van der Waals surface area contributed by atoms with Crippen LogP contribution in [-0.4, -0.2) is 30.5 Å². The van der Waals surface area contributed by atoms with Gasteiger partial charge in [-0.15, -0.1) is 0 Å². The van der Waals surface area contributed by atoms with Gasteiger partial charge in [-0.1, -0.05) is 6.07 Å². The van der Waals surface area contributed by atoms with Gasteiger partial charge in [0.1, 0.15) is 11.0 Å². The number of nitrogens with one attached hydrogen (secondary N) is 1. The number of carbonyl (C=O) groups is 2. The summed E-state index contributed by atoms with van der Waals surface area (Å²) in [6.07, 6.45) is 0. The minimum Gasteiger partial charge on any atom is -0.468 e. The van der Waals surface area contributed by atoms with Crippen molar-refractivity contribution in [2.75, 3.05) is 13.7 Å². The highest BCUT2D eigenvalue weighted by molar-refractivity contribution is 9.10. The second kappa shape index (κ2) is 6.10. The van der Waals surface area contributed by atoms with Crippen LogP contribution in [0.4, 0.5) is 5.69 Å². The lowest BCUT2D eigenvalue weighted by molar-refractivity contribution is -0.385. The lowest BCUT2D eigenvalue weighted by atomic mass is 10.2. The fraction of sp³-hybridized carbons (Fsp3) is 0.200. The summed E-state index contributed by atoms with van der Waals surface area (Å²) in [6.45, 7) is -0.301. The van der Waals surface area contributed by atoms with E-state index >= 15 is 0 Å². The van der Waals surface area contributed by atoms with Crippen molar-refractivity contribution in [3.8, 4) is 0 Å². The van der Waals surface area contributed by atoms with Gasteiger partial charge in [-0.3, -0.25) is 19.7 Å². The Morgan fingerprint density at radius 2 is 2.17 bits per heavy atom. The van der Waals surface area contributed by atoms with Gasteiger partial charge in [0.2, 0.25) is 0 Å². The summed E-state index contributed by atoms with van der Waals surface area (Å²) in [6, 6.07) is 4.06. The lowest BCUT2D eigenvalue weighted by Crippen LogP contribution is -2.30. The molecule has 18 heavy (non-hydrogen) atoms. The van der Waals surface area contributed by atoms with Crippen LogP contribution in [0.15, 0.2) is 22.7 Å². The van der Waals surface area contributed by atoms with E-state index in [9.17, 15) is 19.7 Å². The van der Waals surface area contributed by atoms with Crippen molar-refractivity contribution in [2.24, 2.45) is 0 Å². The molecule has 1 N–H and O–H groups in total. The van der Waals surface area contributed by atoms with Gasteiger partial charge < -0.3 is 10.1 Å². The Morgan fingerprint density at radius 3 is 2.72 bits per heavy atom. The molecule has 1 aromatic carbocycles. The minimum absolute atomic E-state index is 0.0670. The zero-order valence-electron chi connectivity index (χ0n) is 9.31. The molecule has 0 saturated carbocycles. The molecule has 96 valence electrons. The fourth-order valence-electron chi connectivity index (χ4n) is 1.16. The molecule has 0 heterocycles. The smallest absolute Gasteiger partial charge is 0.325 e. The van der Waals surface area contributed by atoms with Gasteiger partial charge in [-0.2, -0.15) is 0 Å². The van der Waals surface area contributed by atoms with Crippen LogP contribution >= 0.6 is 15.9 Å². The molecule has 0 unspecified atom stereocenters. The molecule has 0 spiro atoms. The Balaban J connectivity index is 2.90. The number of halogens is 1. The molecule has 0 bridgehead atoms. The predicted molar refractivity (Wildman–Crippen MR) is 65.1 cm³/mol. The molecule has 7 nitrogen and oxygen atoms in total. The van der Waals surface area contributed by atoms with E-state index in [-0.39, 0.29) is 22.3 Å². The first-order valence-electron chi connectivity index (χ1n) is 4.75. The average molecular weight is 317 g/mol. The maximum atomic E-state index is 11.7. The summed E-state index contributed by atoms with van der Waals surface area (Å²) in [7, 11) is 1.19. The van der Waals surface area contributed by atoms with E-state index in [4.69, 9.17) is 0 Å². The molecular weight excluding hydrogens is 308 g/mol. The molecule has 1 aromatic rings. The standard InChI is InChI=1S/C10H9BrN2O5/c1-18-8(14)5-12-10(15)6-3-2-4-7(9(6)11)13(16)17/h2-4H,5H2,1H3,(H,12,15). The van der Waals surface area contributed by atoms with Crippen molar-refractivity contribution >= 4 is 33.5 Å². The predicted octanol–water partition coefficient (Wildman–Crippen LogP) is 1.26. The minimum atomic E-state index is -0.610. The number of hydrogen-bond acceptors (Lipinski definition) is 5. The number of amides is 1. The molecule has 0 radical (unpaired) electrons. The average Bonchev–Trinajstić information content (AvgIpc) is 2.35. The number of hydrogen-bond donors (Lipinski definition) is 1. The second-order valence-electron chi connectivity index (χ2n) is 3.15. The topological polar surface area (TPSA) is 98.5 Å². The van der Waals surface area contributed by atoms with Crippen LogP contribution in [-0.2, 0) is 9.53 Å². The summed E-state index contributed by atoms with van der Waals surface area (Å²) >= 11 is 2.99. The van der Waals surface area contributed by atoms with Gasteiger partial charge in [-0.05, 0) is 22.0 Å². The van der Waals surface area contributed by atoms with Crippen LogP contribution in [0.2, 0.25) is 0 Å². The van der Waals surface area contributed by atoms with Crippen LogP contribution in [0.3, 0.4) is 0 Å². The fourth-order valence-corrected chi connectivity index (χ4v) is 1.75. The summed E-state index contributed by atoms with van der Waals surface area (Å²) in [5.41, 5.74) is -0.145. The molecule has 8 heteroatoms. The molecule has 0 saturated heterocycles. The zero-order valence-corrected chi connectivity index (χ0v) is 10.9. The number of nitro benzene ring substituents is 1. The number of esters is 1. The third kappa shape index (κ3) is 3.27. The molecule has 1 amide bonds. The number of ether oxygens (including phenoxy) is 1. The largest absolute Gasteiger partial charge is 0.468 e. The van der Waals surface area contributed by atoms with Gasteiger partial charge in [0.15, 0.2) is 0 Å². The van der Waals surface area contributed by atoms with Gasteiger partial charge in [0, 0.05) is 6.07 Å². The van der Waals surface area contributed by atoms with Crippen molar-refractivity contribution in [3.05, 3.63) is 38.3 Å². The van der Waals surface area contributed by atoms with Gasteiger partial charge >= 0.3 is 5.97 Å². The van der Waals surface area contributed by atoms with Crippen LogP contribution in [0, 0.1) is 10.1 Å². The molecular formula is C10H9BrN2O5. The number of benzene rings is 1. The Morgan fingerprint density at radius 1 is 1.50 bits per heavy atom. The van der Waals surface area contributed by atoms with Gasteiger partial charge in [0.05, 0.1) is 17.6 Å². The molecule has 0 atom stereocenters. The van der Waals surface area contributed by atoms with Crippen LogP contribution in [0.25, 0.3) is 0 Å². The maximum Gasteiger partial charge on any atom is 0.325 e. The van der Waals surface area contributed by atoms with Crippen LogP contribution in [0.1, 0.15) is 10.4 Å². The Labute approximate surface area is 110 Å². The number of rotatable bonds is 4. The summed E-state index contributed by atoms with van der Waals surface area (Å²) in [5.74, 6) is -1.21. The van der Waals surface area contributed by atoms with Crippen molar-refractivity contribution in [1.29, 1.82) is 0 Å². The first kappa shape index (κ1) is 14.1. The molecule has 0 aromatic heterocycles. The van der Waals surface area contributed by atoms with Crippen molar-refractivity contribution in [3.63, 3.8) is 0 Å². The highest BCUT2D eigenvalue weighted by atomic mass is 79.9. The Hall–Kier alpha value is -1.96. The van der Waals surface area contributed by atoms with E-state index in [0.29, 0.717) is 0 Å². The first-order chi connectivity index (χ1) is 8.47. The third-order valence-corrected chi connectivity index (χ3v) is 2.87. The summed E-state index contributed by atoms with van der Waals surface area (Å²) in [5, 5.41) is 13.0. The molecule has 0 aliphatic rings. The van der Waals surface area contributed by atoms with E-state index < -0.39 is 16.8 Å². The van der Waals surface area contributed by atoms with E-state index in [2.05, 4.69) is 26.0 Å². The second-order valence-corrected chi connectivity index (χ2v) is 3.95.